The topological polar surface area (TPSA) is 78.8 Å². The van der Waals surface area contributed by atoms with E-state index in [0.717, 1.165) is 58.1 Å². The van der Waals surface area contributed by atoms with Gasteiger partial charge >= 0.3 is 0 Å². The molecule has 8 nitrogen and oxygen atoms in total. The second-order valence-corrected chi connectivity index (χ2v) is 7.12. The van der Waals surface area contributed by atoms with Crippen LogP contribution in [0.4, 0.5) is 0 Å². The van der Waals surface area contributed by atoms with Gasteiger partial charge < -0.3 is 4.74 Å². The van der Waals surface area contributed by atoms with E-state index in [2.05, 4.69) is 24.9 Å². The molecule has 148 valence electrons. The molecule has 0 bridgehead atoms. The lowest BCUT2D eigenvalue weighted by atomic mass is 10.2. The maximum Gasteiger partial charge on any atom is 0.272 e. The second-order valence-electron chi connectivity index (χ2n) is 7.12. The molecule has 4 heterocycles. The monoisotopic (exact) mass is 382 g/mol. The highest BCUT2D eigenvalue weighted by molar-refractivity contribution is 5.36. The highest BCUT2D eigenvalue weighted by Crippen LogP contribution is 2.10. The highest BCUT2D eigenvalue weighted by Gasteiger charge is 2.13. The number of H-pyrrole nitrogens is 1. The van der Waals surface area contributed by atoms with Gasteiger partial charge in [-0.25, -0.2) is 9.50 Å². The Morgan fingerprint density at radius 2 is 1.96 bits per heavy atom. The van der Waals surface area contributed by atoms with Crippen molar-refractivity contribution in [3.8, 4) is 0 Å². The Kier molecular flexibility index (Phi) is 6.11. The average Bonchev–Trinajstić information content (AvgIpc) is 3.19. The molecule has 0 saturated carbocycles. The fourth-order valence-electron chi connectivity index (χ4n) is 3.59. The number of aromatic amines is 1. The normalized spacial score (nSPS) is 15.5. The number of morpholine rings is 1. The molecule has 28 heavy (non-hydrogen) atoms. The maximum absolute atomic E-state index is 12.3. The fraction of sp³-hybridized carbons (Fsp3) is 0.450. The van der Waals surface area contributed by atoms with E-state index in [0.29, 0.717) is 12.2 Å². The largest absolute Gasteiger partial charge is 0.379 e. The molecule has 3 aromatic heterocycles. The summed E-state index contributed by atoms with van der Waals surface area (Å²) in [4.78, 5) is 25.8. The van der Waals surface area contributed by atoms with E-state index in [1.165, 1.54) is 10.1 Å². The summed E-state index contributed by atoms with van der Waals surface area (Å²) < 4.78 is 6.88. The van der Waals surface area contributed by atoms with E-state index in [4.69, 9.17) is 4.74 Å². The van der Waals surface area contributed by atoms with Gasteiger partial charge in [0, 0.05) is 63.4 Å². The van der Waals surface area contributed by atoms with Crippen LogP contribution in [0.1, 0.15) is 17.7 Å². The van der Waals surface area contributed by atoms with Gasteiger partial charge in [-0.2, -0.15) is 0 Å². The van der Waals surface area contributed by atoms with Gasteiger partial charge in [0.05, 0.1) is 18.9 Å². The van der Waals surface area contributed by atoms with Crippen molar-refractivity contribution in [3.05, 3.63) is 64.5 Å². The minimum absolute atomic E-state index is 0.0813. The van der Waals surface area contributed by atoms with Crippen molar-refractivity contribution in [3.63, 3.8) is 0 Å². The zero-order chi connectivity index (χ0) is 19.2. The molecule has 0 spiro atoms. The SMILES string of the molecule is O=c1cc(CN(CCCN2CCOCC2)Cc2ccncc2)nc2cc[nH]n12. The molecule has 0 aromatic carbocycles. The van der Waals surface area contributed by atoms with E-state index in [-0.39, 0.29) is 5.56 Å². The lowest BCUT2D eigenvalue weighted by molar-refractivity contribution is 0.0358. The third kappa shape index (κ3) is 4.83. The van der Waals surface area contributed by atoms with Crippen LogP contribution in [-0.4, -0.2) is 68.8 Å². The molecule has 1 aliphatic rings. The predicted molar refractivity (Wildman–Crippen MR) is 106 cm³/mol. The fourth-order valence-corrected chi connectivity index (χ4v) is 3.59. The Morgan fingerprint density at radius 3 is 2.79 bits per heavy atom. The number of rotatable bonds is 8. The number of hydrogen-bond acceptors (Lipinski definition) is 6. The van der Waals surface area contributed by atoms with Crippen LogP contribution in [0.15, 0.2) is 47.7 Å². The Bertz CT molecular complexity index is 933. The van der Waals surface area contributed by atoms with Crippen molar-refractivity contribution in [1.82, 2.24) is 29.4 Å². The van der Waals surface area contributed by atoms with Crippen molar-refractivity contribution < 1.29 is 4.74 Å². The van der Waals surface area contributed by atoms with Gasteiger partial charge in [-0.1, -0.05) is 0 Å². The summed E-state index contributed by atoms with van der Waals surface area (Å²) in [5, 5.41) is 2.88. The van der Waals surface area contributed by atoms with Gasteiger partial charge in [-0.3, -0.25) is 24.7 Å². The number of hydrogen-bond donors (Lipinski definition) is 1. The highest BCUT2D eigenvalue weighted by atomic mass is 16.5. The first-order chi connectivity index (χ1) is 13.8. The van der Waals surface area contributed by atoms with Crippen LogP contribution in [0.25, 0.3) is 5.65 Å². The molecule has 4 rings (SSSR count). The van der Waals surface area contributed by atoms with Gasteiger partial charge in [-0.15, -0.1) is 0 Å². The van der Waals surface area contributed by atoms with E-state index in [9.17, 15) is 4.79 Å². The van der Waals surface area contributed by atoms with Gasteiger partial charge in [0.1, 0.15) is 0 Å². The molecule has 0 aliphatic carbocycles. The van der Waals surface area contributed by atoms with Crippen LogP contribution in [0.3, 0.4) is 0 Å². The van der Waals surface area contributed by atoms with Crippen molar-refractivity contribution >= 4 is 5.65 Å². The molecule has 1 saturated heterocycles. The molecular formula is C20H26N6O2. The van der Waals surface area contributed by atoms with Crippen LogP contribution in [0.2, 0.25) is 0 Å². The quantitative estimate of drug-likeness (QED) is 0.630. The van der Waals surface area contributed by atoms with Gasteiger partial charge in [0.25, 0.3) is 5.56 Å². The first-order valence-electron chi connectivity index (χ1n) is 9.75. The van der Waals surface area contributed by atoms with Crippen molar-refractivity contribution in [1.29, 1.82) is 0 Å². The third-order valence-corrected chi connectivity index (χ3v) is 5.03. The molecule has 1 N–H and O–H groups in total. The van der Waals surface area contributed by atoms with Crippen molar-refractivity contribution in [2.45, 2.75) is 19.5 Å². The maximum atomic E-state index is 12.3. The molecule has 0 atom stereocenters. The molecule has 3 aromatic rings. The van der Waals surface area contributed by atoms with Crippen molar-refractivity contribution in [2.75, 3.05) is 39.4 Å². The van der Waals surface area contributed by atoms with Crippen LogP contribution >= 0.6 is 0 Å². The van der Waals surface area contributed by atoms with Gasteiger partial charge in [0.15, 0.2) is 5.65 Å². The number of pyridine rings is 1. The van der Waals surface area contributed by atoms with Crippen LogP contribution < -0.4 is 5.56 Å². The lowest BCUT2D eigenvalue weighted by Gasteiger charge is -2.28. The predicted octanol–water partition coefficient (Wildman–Crippen LogP) is 1.14. The molecular weight excluding hydrogens is 356 g/mol. The number of ether oxygens (including phenoxy) is 1. The number of nitrogens with one attached hydrogen (secondary N) is 1. The second kappa shape index (κ2) is 9.09. The molecule has 0 amide bonds. The van der Waals surface area contributed by atoms with Crippen LogP contribution in [0.5, 0.6) is 0 Å². The summed E-state index contributed by atoms with van der Waals surface area (Å²) in [5.41, 5.74) is 2.58. The number of fused-ring (bicyclic) bond motifs is 1. The summed E-state index contributed by atoms with van der Waals surface area (Å²) in [5.74, 6) is 0. The minimum atomic E-state index is -0.0813. The average molecular weight is 382 g/mol. The van der Waals surface area contributed by atoms with Gasteiger partial charge in [-0.05, 0) is 30.7 Å². The number of aromatic nitrogens is 4. The summed E-state index contributed by atoms with van der Waals surface area (Å²) in [6.07, 6.45) is 6.43. The summed E-state index contributed by atoms with van der Waals surface area (Å²) >= 11 is 0. The Balaban J connectivity index is 1.44. The summed E-state index contributed by atoms with van der Waals surface area (Å²) in [7, 11) is 0. The van der Waals surface area contributed by atoms with E-state index in [1.807, 2.05) is 30.6 Å². The molecule has 8 heteroatoms. The van der Waals surface area contributed by atoms with Crippen molar-refractivity contribution in [2.24, 2.45) is 0 Å². The zero-order valence-electron chi connectivity index (χ0n) is 16.0. The Hall–Kier alpha value is -2.55. The first-order valence-corrected chi connectivity index (χ1v) is 9.75. The smallest absolute Gasteiger partial charge is 0.272 e. The van der Waals surface area contributed by atoms with E-state index in [1.54, 1.807) is 12.3 Å². The first kappa shape index (κ1) is 18.8. The Labute approximate surface area is 163 Å². The Morgan fingerprint density at radius 1 is 1.14 bits per heavy atom. The van der Waals surface area contributed by atoms with E-state index < -0.39 is 0 Å². The third-order valence-electron chi connectivity index (χ3n) is 5.03. The standard InChI is InChI=1S/C20H26N6O2/c27-20-14-18(23-19-4-7-22-26(19)20)16-25(15-17-2-5-21-6-3-17)9-1-8-24-10-12-28-13-11-24/h2-7,14,22H,1,8-13,15-16H2. The van der Waals surface area contributed by atoms with E-state index >= 15 is 0 Å². The summed E-state index contributed by atoms with van der Waals surface area (Å²) in [6, 6.07) is 7.50. The number of nitrogens with zero attached hydrogens (tertiary/aromatic N) is 5. The lowest BCUT2D eigenvalue weighted by Crippen LogP contribution is -2.38. The zero-order valence-corrected chi connectivity index (χ0v) is 16.0. The summed E-state index contributed by atoms with van der Waals surface area (Å²) in [6.45, 7) is 7.11. The molecule has 1 aliphatic heterocycles. The molecule has 1 fully saturated rings. The van der Waals surface area contributed by atoms with Crippen LogP contribution in [0, 0.1) is 0 Å². The molecule has 0 radical (unpaired) electrons. The minimum Gasteiger partial charge on any atom is -0.379 e. The van der Waals surface area contributed by atoms with Gasteiger partial charge in [0.2, 0.25) is 0 Å². The molecule has 0 unspecified atom stereocenters. The van der Waals surface area contributed by atoms with Crippen LogP contribution in [-0.2, 0) is 17.8 Å².